The van der Waals surface area contributed by atoms with Gasteiger partial charge in [0.1, 0.15) is 6.17 Å². The average Bonchev–Trinajstić information content (AvgIpc) is 2.68. The Bertz CT molecular complexity index is 456. The fourth-order valence-electron chi connectivity index (χ4n) is 2.71. The van der Waals surface area contributed by atoms with Crippen molar-refractivity contribution < 1.29 is 4.79 Å². The summed E-state index contributed by atoms with van der Waals surface area (Å²) in [6.07, 6.45) is 1.01. The number of nitrogens with zero attached hydrogens (tertiary/aromatic N) is 1. The first-order valence-electron chi connectivity index (χ1n) is 7.17. The Morgan fingerprint density at radius 2 is 2.11 bits per heavy atom. The predicted molar refractivity (Wildman–Crippen MR) is 77.7 cm³/mol. The third-order valence-electron chi connectivity index (χ3n) is 3.69. The molecule has 0 aromatic heterocycles. The van der Waals surface area contributed by atoms with Gasteiger partial charge in [0.15, 0.2) is 0 Å². The topological polar surface area (TPSA) is 32.3 Å². The van der Waals surface area contributed by atoms with Crippen LogP contribution in [-0.4, -0.2) is 23.4 Å². The summed E-state index contributed by atoms with van der Waals surface area (Å²) in [6.45, 7) is 9.21. The second-order valence-corrected chi connectivity index (χ2v) is 5.74. The SMILES string of the molecule is CCCN1C(=O)C(C(C)C)NC1c1cccc(C)c1. The van der Waals surface area contributed by atoms with E-state index in [0.29, 0.717) is 5.92 Å². The van der Waals surface area contributed by atoms with Gasteiger partial charge >= 0.3 is 0 Å². The monoisotopic (exact) mass is 260 g/mol. The van der Waals surface area contributed by atoms with Crippen LogP contribution in [0.15, 0.2) is 24.3 Å². The van der Waals surface area contributed by atoms with E-state index in [-0.39, 0.29) is 18.1 Å². The van der Waals surface area contributed by atoms with Crippen LogP contribution in [0.1, 0.15) is 44.5 Å². The third-order valence-corrected chi connectivity index (χ3v) is 3.69. The van der Waals surface area contributed by atoms with Gasteiger partial charge in [0.25, 0.3) is 0 Å². The third kappa shape index (κ3) is 2.81. The van der Waals surface area contributed by atoms with E-state index in [1.165, 1.54) is 11.1 Å². The van der Waals surface area contributed by atoms with Crippen molar-refractivity contribution in [3.8, 4) is 0 Å². The van der Waals surface area contributed by atoms with Gasteiger partial charge in [-0.05, 0) is 24.8 Å². The van der Waals surface area contributed by atoms with Crippen LogP contribution in [0.5, 0.6) is 0 Å². The largest absolute Gasteiger partial charge is 0.322 e. The Labute approximate surface area is 116 Å². The first-order chi connectivity index (χ1) is 9.04. The van der Waals surface area contributed by atoms with Crippen molar-refractivity contribution in [2.24, 2.45) is 5.92 Å². The van der Waals surface area contributed by atoms with Crippen LogP contribution in [0.2, 0.25) is 0 Å². The number of carbonyl (C=O) groups is 1. The summed E-state index contributed by atoms with van der Waals surface area (Å²) in [7, 11) is 0. The summed E-state index contributed by atoms with van der Waals surface area (Å²) in [4.78, 5) is 14.5. The highest BCUT2D eigenvalue weighted by Crippen LogP contribution is 2.28. The molecule has 0 spiro atoms. The number of rotatable bonds is 4. The van der Waals surface area contributed by atoms with Gasteiger partial charge in [-0.2, -0.15) is 0 Å². The minimum absolute atomic E-state index is 0.0275. The molecule has 0 bridgehead atoms. The number of nitrogens with one attached hydrogen (secondary N) is 1. The lowest BCUT2D eigenvalue weighted by Crippen LogP contribution is -2.34. The summed E-state index contributed by atoms with van der Waals surface area (Å²) >= 11 is 0. The van der Waals surface area contributed by atoms with Gasteiger partial charge in [0, 0.05) is 6.54 Å². The maximum atomic E-state index is 12.5. The number of carbonyl (C=O) groups excluding carboxylic acids is 1. The first kappa shape index (κ1) is 14.1. The number of hydrogen-bond donors (Lipinski definition) is 1. The van der Waals surface area contributed by atoms with Gasteiger partial charge in [-0.25, -0.2) is 0 Å². The van der Waals surface area contributed by atoms with Crippen LogP contribution < -0.4 is 5.32 Å². The molecule has 1 heterocycles. The van der Waals surface area contributed by atoms with Crippen molar-refractivity contribution in [1.82, 2.24) is 10.2 Å². The highest BCUT2D eigenvalue weighted by atomic mass is 16.2. The van der Waals surface area contributed by atoms with Gasteiger partial charge in [-0.15, -0.1) is 0 Å². The molecule has 19 heavy (non-hydrogen) atoms. The molecule has 1 amide bonds. The molecular formula is C16H24N2O. The lowest BCUT2D eigenvalue weighted by Gasteiger charge is -2.24. The van der Waals surface area contributed by atoms with Gasteiger partial charge in [0.2, 0.25) is 5.91 Å². The van der Waals surface area contributed by atoms with E-state index in [1.54, 1.807) is 0 Å². The number of benzene rings is 1. The minimum atomic E-state index is -0.0583. The van der Waals surface area contributed by atoms with E-state index in [9.17, 15) is 4.79 Å². The zero-order chi connectivity index (χ0) is 14.0. The molecule has 2 rings (SSSR count). The Balaban J connectivity index is 2.29. The van der Waals surface area contributed by atoms with Crippen LogP contribution >= 0.6 is 0 Å². The summed E-state index contributed by atoms with van der Waals surface area (Å²) in [5, 5.41) is 3.49. The van der Waals surface area contributed by atoms with Crippen LogP contribution in [0.3, 0.4) is 0 Å². The highest BCUT2D eigenvalue weighted by molar-refractivity contribution is 5.84. The van der Waals surface area contributed by atoms with Crippen molar-refractivity contribution in [3.05, 3.63) is 35.4 Å². The average molecular weight is 260 g/mol. The molecule has 2 unspecified atom stereocenters. The Hall–Kier alpha value is -1.35. The van der Waals surface area contributed by atoms with Crippen LogP contribution in [0.4, 0.5) is 0 Å². The smallest absolute Gasteiger partial charge is 0.241 e. The minimum Gasteiger partial charge on any atom is -0.322 e. The second-order valence-electron chi connectivity index (χ2n) is 5.74. The molecule has 1 aromatic carbocycles. The highest BCUT2D eigenvalue weighted by Gasteiger charge is 2.40. The van der Waals surface area contributed by atoms with Crippen LogP contribution in [0.25, 0.3) is 0 Å². The van der Waals surface area contributed by atoms with Crippen molar-refractivity contribution in [2.75, 3.05) is 6.54 Å². The van der Waals surface area contributed by atoms with Crippen molar-refractivity contribution >= 4 is 5.91 Å². The predicted octanol–water partition coefficient (Wildman–Crippen LogP) is 2.86. The number of aryl methyl sites for hydroxylation is 1. The molecule has 1 fully saturated rings. The lowest BCUT2D eigenvalue weighted by atomic mass is 10.0. The fourth-order valence-corrected chi connectivity index (χ4v) is 2.71. The number of amides is 1. The molecule has 3 heteroatoms. The van der Waals surface area contributed by atoms with E-state index < -0.39 is 0 Å². The Kier molecular flexibility index (Phi) is 4.25. The summed E-state index contributed by atoms with van der Waals surface area (Å²) in [5.41, 5.74) is 2.42. The normalized spacial score (nSPS) is 23.4. The molecule has 0 radical (unpaired) electrons. The van der Waals surface area contributed by atoms with Gasteiger partial charge in [0.05, 0.1) is 6.04 Å². The number of hydrogen-bond acceptors (Lipinski definition) is 2. The van der Waals surface area contributed by atoms with Crippen LogP contribution in [-0.2, 0) is 4.79 Å². The molecule has 1 aromatic rings. The van der Waals surface area contributed by atoms with E-state index in [4.69, 9.17) is 0 Å². The Morgan fingerprint density at radius 1 is 1.37 bits per heavy atom. The standard InChI is InChI=1S/C16H24N2O/c1-5-9-18-15(13-8-6-7-12(4)10-13)17-14(11(2)3)16(18)19/h6-8,10-11,14-15,17H,5,9H2,1-4H3. The maximum absolute atomic E-state index is 12.5. The summed E-state index contributed by atoms with van der Waals surface area (Å²) < 4.78 is 0. The van der Waals surface area contributed by atoms with Gasteiger partial charge in [-0.1, -0.05) is 50.6 Å². The molecule has 1 aliphatic heterocycles. The maximum Gasteiger partial charge on any atom is 0.241 e. The van der Waals surface area contributed by atoms with E-state index in [1.807, 2.05) is 4.90 Å². The zero-order valence-electron chi connectivity index (χ0n) is 12.3. The van der Waals surface area contributed by atoms with E-state index in [2.05, 4.69) is 57.3 Å². The zero-order valence-corrected chi connectivity index (χ0v) is 12.3. The molecule has 1 aliphatic rings. The van der Waals surface area contributed by atoms with E-state index >= 15 is 0 Å². The quantitative estimate of drug-likeness (QED) is 0.903. The molecule has 104 valence electrons. The van der Waals surface area contributed by atoms with Crippen LogP contribution in [0, 0.1) is 12.8 Å². The summed E-state index contributed by atoms with van der Waals surface area (Å²) in [5.74, 6) is 0.560. The van der Waals surface area contributed by atoms with Gasteiger partial charge in [-0.3, -0.25) is 10.1 Å². The molecule has 0 saturated carbocycles. The lowest BCUT2D eigenvalue weighted by molar-refractivity contribution is -0.130. The first-order valence-corrected chi connectivity index (χ1v) is 7.17. The molecule has 1 N–H and O–H groups in total. The fraction of sp³-hybridized carbons (Fsp3) is 0.562. The van der Waals surface area contributed by atoms with E-state index in [0.717, 1.165) is 13.0 Å². The molecule has 1 saturated heterocycles. The molecule has 0 aliphatic carbocycles. The second kappa shape index (κ2) is 5.74. The van der Waals surface area contributed by atoms with Crippen molar-refractivity contribution in [1.29, 1.82) is 0 Å². The Morgan fingerprint density at radius 3 is 2.68 bits per heavy atom. The molecular weight excluding hydrogens is 236 g/mol. The van der Waals surface area contributed by atoms with Crippen molar-refractivity contribution in [3.63, 3.8) is 0 Å². The van der Waals surface area contributed by atoms with Gasteiger partial charge < -0.3 is 4.90 Å². The molecule has 3 nitrogen and oxygen atoms in total. The van der Waals surface area contributed by atoms with Crippen molar-refractivity contribution in [2.45, 2.75) is 46.3 Å². The molecule has 2 atom stereocenters. The summed E-state index contributed by atoms with van der Waals surface area (Å²) in [6, 6.07) is 8.35.